The highest BCUT2D eigenvalue weighted by molar-refractivity contribution is 7.92. The first-order valence-corrected chi connectivity index (χ1v) is 6.50. The van der Waals surface area contributed by atoms with E-state index in [0.717, 1.165) is 0 Å². The van der Waals surface area contributed by atoms with Crippen LogP contribution in [0.3, 0.4) is 0 Å². The Bertz CT molecular complexity index is 421. The zero-order valence-corrected chi connectivity index (χ0v) is 10.0. The molecule has 0 aliphatic rings. The molecule has 0 aliphatic heterocycles. The number of hydrogen-bond acceptors (Lipinski definition) is 3. The van der Waals surface area contributed by atoms with Gasteiger partial charge in [-0.15, -0.1) is 0 Å². The highest BCUT2D eigenvalue weighted by Crippen LogP contribution is 2.20. The maximum Gasteiger partial charge on any atom is 0.180 e. The Morgan fingerprint density at radius 1 is 1.33 bits per heavy atom. The van der Waals surface area contributed by atoms with Crippen LogP contribution in [0.5, 0.6) is 5.75 Å². The second-order valence-electron chi connectivity index (χ2n) is 3.50. The van der Waals surface area contributed by atoms with Crippen LogP contribution in [0.1, 0.15) is 20.8 Å². The summed E-state index contributed by atoms with van der Waals surface area (Å²) in [5.41, 5.74) is 0. The van der Waals surface area contributed by atoms with Crippen LogP contribution in [0, 0.1) is 0 Å². The van der Waals surface area contributed by atoms with Crippen molar-refractivity contribution in [2.24, 2.45) is 0 Å². The van der Waals surface area contributed by atoms with E-state index in [-0.39, 0.29) is 0 Å². The Balaban J connectivity index is 3.11. The fraction of sp³-hybridized carbons (Fsp3) is 0.455. The van der Waals surface area contributed by atoms with Gasteiger partial charge in [-0.2, -0.15) is 0 Å². The smallest absolute Gasteiger partial charge is 0.180 e. The van der Waals surface area contributed by atoms with Crippen LogP contribution >= 0.6 is 0 Å². The quantitative estimate of drug-likeness (QED) is 0.794. The molecule has 0 radical (unpaired) electrons. The molecule has 0 fully saturated rings. The maximum atomic E-state index is 11.8. The molecule has 3 nitrogen and oxygen atoms in total. The molecule has 0 aromatic heterocycles. The van der Waals surface area contributed by atoms with E-state index in [1.807, 2.05) is 6.92 Å². The summed E-state index contributed by atoms with van der Waals surface area (Å²) in [6.07, 6.45) is 0. The lowest BCUT2D eigenvalue weighted by molar-refractivity contribution is 0.339. The van der Waals surface area contributed by atoms with Gasteiger partial charge in [-0.1, -0.05) is 6.07 Å². The molecule has 0 saturated heterocycles. The molecule has 0 aliphatic carbocycles. The lowest BCUT2D eigenvalue weighted by Crippen LogP contribution is -2.13. The van der Waals surface area contributed by atoms with Crippen molar-refractivity contribution >= 4 is 9.84 Å². The fourth-order valence-corrected chi connectivity index (χ4v) is 2.27. The van der Waals surface area contributed by atoms with Gasteiger partial charge in [0.1, 0.15) is 5.75 Å². The van der Waals surface area contributed by atoms with Gasteiger partial charge in [0.2, 0.25) is 0 Å². The molecule has 0 heterocycles. The third kappa shape index (κ3) is 2.72. The largest absolute Gasteiger partial charge is 0.494 e. The Morgan fingerprint density at radius 3 is 2.53 bits per heavy atom. The van der Waals surface area contributed by atoms with Gasteiger partial charge in [0, 0.05) is 0 Å². The molecule has 4 heteroatoms. The maximum absolute atomic E-state index is 11.8. The molecule has 1 rings (SSSR count). The molecule has 0 saturated carbocycles. The Hall–Kier alpha value is -1.03. The molecular weight excluding hydrogens is 212 g/mol. The summed E-state index contributed by atoms with van der Waals surface area (Å²) in [7, 11) is -3.20. The van der Waals surface area contributed by atoms with E-state index in [4.69, 9.17) is 4.74 Å². The van der Waals surface area contributed by atoms with E-state index in [1.54, 1.807) is 38.1 Å². The topological polar surface area (TPSA) is 43.4 Å². The molecule has 0 bridgehead atoms. The van der Waals surface area contributed by atoms with Gasteiger partial charge in [0.05, 0.1) is 16.8 Å². The van der Waals surface area contributed by atoms with Gasteiger partial charge in [0.25, 0.3) is 0 Å². The van der Waals surface area contributed by atoms with E-state index in [2.05, 4.69) is 0 Å². The predicted molar refractivity (Wildman–Crippen MR) is 59.9 cm³/mol. The van der Waals surface area contributed by atoms with Gasteiger partial charge in [0.15, 0.2) is 9.84 Å². The van der Waals surface area contributed by atoms with Crippen molar-refractivity contribution in [1.29, 1.82) is 0 Å². The first-order chi connectivity index (χ1) is 6.98. The van der Waals surface area contributed by atoms with Crippen LogP contribution in [0.25, 0.3) is 0 Å². The summed E-state index contributed by atoms with van der Waals surface area (Å²) < 4.78 is 28.9. The molecule has 0 atom stereocenters. The van der Waals surface area contributed by atoms with Crippen molar-refractivity contribution in [3.05, 3.63) is 24.3 Å². The number of hydrogen-bond donors (Lipinski definition) is 0. The van der Waals surface area contributed by atoms with Crippen LogP contribution in [0.2, 0.25) is 0 Å². The average Bonchev–Trinajstić information content (AvgIpc) is 2.18. The first-order valence-electron chi connectivity index (χ1n) is 4.95. The zero-order valence-electron chi connectivity index (χ0n) is 9.23. The predicted octanol–water partition coefficient (Wildman–Crippen LogP) is 2.27. The van der Waals surface area contributed by atoms with Gasteiger partial charge in [-0.05, 0) is 39.0 Å². The van der Waals surface area contributed by atoms with Crippen molar-refractivity contribution < 1.29 is 13.2 Å². The molecule has 0 spiro atoms. The van der Waals surface area contributed by atoms with Crippen molar-refractivity contribution in [3.8, 4) is 5.75 Å². The lowest BCUT2D eigenvalue weighted by Gasteiger charge is -2.09. The van der Waals surface area contributed by atoms with Gasteiger partial charge < -0.3 is 4.74 Å². The monoisotopic (exact) mass is 228 g/mol. The molecule has 0 N–H and O–H groups in total. The van der Waals surface area contributed by atoms with Crippen LogP contribution in [-0.2, 0) is 9.84 Å². The Labute approximate surface area is 91.0 Å². The number of sulfone groups is 1. The minimum absolute atomic E-state index is 0.323. The summed E-state index contributed by atoms with van der Waals surface area (Å²) in [4.78, 5) is 0.323. The zero-order chi connectivity index (χ0) is 11.5. The molecule has 84 valence electrons. The second kappa shape index (κ2) is 4.66. The number of benzene rings is 1. The van der Waals surface area contributed by atoms with Crippen molar-refractivity contribution in [2.45, 2.75) is 30.9 Å². The van der Waals surface area contributed by atoms with E-state index in [9.17, 15) is 8.42 Å². The minimum Gasteiger partial charge on any atom is -0.494 e. The SMILES string of the molecule is CCOc1cccc(S(=O)(=O)C(C)C)c1. The number of rotatable bonds is 4. The Kier molecular flexibility index (Phi) is 3.74. The fourth-order valence-electron chi connectivity index (χ4n) is 1.18. The summed E-state index contributed by atoms with van der Waals surface area (Å²) in [5, 5.41) is -0.408. The first kappa shape index (κ1) is 12.0. The Morgan fingerprint density at radius 2 is 2.00 bits per heavy atom. The van der Waals surface area contributed by atoms with Crippen LogP contribution in [0.15, 0.2) is 29.2 Å². The summed E-state index contributed by atoms with van der Waals surface area (Å²) in [5.74, 6) is 0.597. The van der Waals surface area contributed by atoms with Crippen molar-refractivity contribution in [2.75, 3.05) is 6.61 Å². The van der Waals surface area contributed by atoms with E-state index in [1.165, 1.54) is 0 Å². The second-order valence-corrected chi connectivity index (χ2v) is 6.01. The summed E-state index contributed by atoms with van der Waals surface area (Å²) >= 11 is 0. The molecule has 1 aromatic rings. The highest BCUT2D eigenvalue weighted by atomic mass is 32.2. The van der Waals surface area contributed by atoms with Crippen molar-refractivity contribution in [1.82, 2.24) is 0 Å². The van der Waals surface area contributed by atoms with Crippen molar-refractivity contribution in [3.63, 3.8) is 0 Å². The van der Waals surface area contributed by atoms with Gasteiger partial charge in [-0.25, -0.2) is 8.42 Å². The normalized spacial score (nSPS) is 11.7. The van der Waals surface area contributed by atoms with Gasteiger partial charge >= 0.3 is 0 Å². The number of ether oxygens (including phenoxy) is 1. The lowest BCUT2D eigenvalue weighted by atomic mass is 10.3. The van der Waals surface area contributed by atoms with Crippen LogP contribution in [0.4, 0.5) is 0 Å². The van der Waals surface area contributed by atoms with E-state index >= 15 is 0 Å². The molecule has 1 aromatic carbocycles. The standard InChI is InChI=1S/C11H16O3S/c1-4-14-10-6-5-7-11(8-10)15(12,13)9(2)3/h5-9H,4H2,1-3H3. The molecule has 15 heavy (non-hydrogen) atoms. The molecule has 0 unspecified atom stereocenters. The van der Waals surface area contributed by atoms with E-state index in [0.29, 0.717) is 17.3 Å². The summed E-state index contributed by atoms with van der Waals surface area (Å²) in [6.45, 7) is 5.74. The van der Waals surface area contributed by atoms with Crippen LogP contribution in [-0.4, -0.2) is 20.3 Å². The van der Waals surface area contributed by atoms with E-state index < -0.39 is 15.1 Å². The molecule has 0 amide bonds. The summed E-state index contributed by atoms with van der Waals surface area (Å²) in [6, 6.07) is 6.61. The highest BCUT2D eigenvalue weighted by Gasteiger charge is 2.19. The average molecular weight is 228 g/mol. The third-order valence-electron chi connectivity index (χ3n) is 2.07. The molecular formula is C11H16O3S. The van der Waals surface area contributed by atoms with Crippen LogP contribution < -0.4 is 4.74 Å². The van der Waals surface area contributed by atoms with Gasteiger partial charge in [-0.3, -0.25) is 0 Å². The minimum atomic E-state index is -3.20. The third-order valence-corrected chi connectivity index (χ3v) is 4.22.